The summed E-state index contributed by atoms with van der Waals surface area (Å²) in [6, 6.07) is 9.20. The summed E-state index contributed by atoms with van der Waals surface area (Å²) in [5.74, 6) is 0.782. The van der Waals surface area contributed by atoms with Gasteiger partial charge in [-0.05, 0) is 80.7 Å². The predicted octanol–water partition coefficient (Wildman–Crippen LogP) is 4.73. The lowest BCUT2D eigenvalue weighted by Gasteiger charge is -2.30. The second kappa shape index (κ2) is 12.7. The van der Waals surface area contributed by atoms with E-state index in [4.69, 9.17) is 9.98 Å². The van der Waals surface area contributed by atoms with E-state index in [0.717, 1.165) is 59.8 Å². The molecule has 0 saturated heterocycles. The number of nitrogens with one attached hydrogen (secondary N) is 3. The van der Waals surface area contributed by atoms with Gasteiger partial charge in [0.2, 0.25) is 0 Å². The molecule has 0 unspecified atom stereocenters. The molecule has 0 atom stereocenters. The van der Waals surface area contributed by atoms with Crippen LogP contribution in [0.3, 0.4) is 0 Å². The molecule has 0 radical (unpaired) electrons. The molecule has 1 aliphatic carbocycles. The standard InChI is InChI=1S/C29H42N6/c1-4-5-6-15-31-26-18-23(29-28(19-26)32-16-17-33-29)10-7-22-8-11-24(12-9-22)35-25-13-14-27(34-20-25)21(2)30-3/h13-14,18-20,22,24,30-31,35H,2,4-12,15-17H2,1,3H3/t22-,24+. The van der Waals surface area contributed by atoms with E-state index in [-0.39, 0.29) is 0 Å². The molecule has 6 nitrogen and oxygen atoms in total. The lowest BCUT2D eigenvalue weighted by molar-refractivity contribution is 0.321. The summed E-state index contributed by atoms with van der Waals surface area (Å²) in [5.41, 5.74) is 5.42. The van der Waals surface area contributed by atoms with Crippen LogP contribution in [-0.2, 0) is 6.42 Å². The van der Waals surface area contributed by atoms with Crippen LogP contribution in [0.25, 0.3) is 5.70 Å². The Kier molecular flexibility index (Phi) is 9.15. The summed E-state index contributed by atoms with van der Waals surface area (Å²) in [6.07, 6.45) is 13.0. The van der Waals surface area contributed by atoms with Crippen molar-refractivity contribution < 1.29 is 0 Å². The Bertz CT molecular complexity index is 1080. The van der Waals surface area contributed by atoms with Crippen LogP contribution in [-0.4, -0.2) is 37.7 Å². The van der Waals surface area contributed by atoms with Gasteiger partial charge in [0.25, 0.3) is 0 Å². The van der Waals surface area contributed by atoms with E-state index in [1.165, 1.54) is 62.6 Å². The summed E-state index contributed by atoms with van der Waals surface area (Å²) in [6.45, 7) is 8.88. The van der Waals surface area contributed by atoms with Crippen LogP contribution in [0.2, 0.25) is 0 Å². The van der Waals surface area contributed by atoms with Crippen LogP contribution in [0.1, 0.15) is 69.5 Å². The number of nitrogens with zero attached hydrogens (tertiary/aromatic N) is 3. The second-order valence-corrected chi connectivity index (χ2v) is 9.96. The first-order chi connectivity index (χ1) is 17.2. The van der Waals surface area contributed by atoms with Gasteiger partial charge in [-0.25, -0.2) is 0 Å². The van der Waals surface area contributed by atoms with E-state index < -0.39 is 0 Å². The molecule has 1 aromatic heterocycles. The SMILES string of the molecule is C=C(NC)c1ccc(N[C@H]2CC[C@@H](CCc3cc(NCCCCC)cc4c3=NCCN=4)CC2)cn1. The maximum Gasteiger partial charge on any atom is 0.0860 e. The van der Waals surface area contributed by atoms with Crippen LogP contribution < -0.4 is 26.7 Å². The zero-order chi connectivity index (χ0) is 24.5. The molecule has 1 aromatic carbocycles. The molecule has 1 fully saturated rings. The average Bonchev–Trinajstić information content (AvgIpc) is 2.90. The third-order valence-corrected chi connectivity index (χ3v) is 7.34. The first kappa shape index (κ1) is 25.2. The van der Waals surface area contributed by atoms with Crippen LogP contribution >= 0.6 is 0 Å². The molecule has 2 heterocycles. The van der Waals surface area contributed by atoms with Crippen molar-refractivity contribution in [3.63, 3.8) is 0 Å². The van der Waals surface area contributed by atoms with E-state index in [2.05, 4.69) is 52.6 Å². The maximum absolute atomic E-state index is 4.84. The topological polar surface area (TPSA) is 73.7 Å². The molecule has 0 spiro atoms. The third-order valence-electron chi connectivity index (χ3n) is 7.34. The smallest absolute Gasteiger partial charge is 0.0860 e. The van der Waals surface area contributed by atoms with Gasteiger partial charge in [0.05, 0.1) is 47.1 Å². The molecule has 1 saturated carbocycles. The molecule has 4 rings (SSSR count). The highest BCUT2D eigenvalue weighted by molar-refractivity contribution is 5.59. The van der Waals surface area contributed by atoms with Gasteiger partial charge >= 0.3 is 0 Å². The third kappa shape index (κ3) is 7.06. The fourth-order valence-electron chi connectivity index (χ4n) is 5.19. The zero-order valence-electron chi connectivity index (χ0n) is 21.6. The van der Waals surface area contributed by atoms with Crippen LogP contribution in [0.4, 0.5) is 11.4 Å². The molecule has 1 aliphatic heterocycles. The largest absolute Gasteiger partial charge is 0.387 e. The zero-order valence-corrected chi connectivity index (χ0v) is 21.6. The van der Waals surface area contributed by atoms with E-state index in [9.17, 15) is 0 Å². The first-order valence-electron chi connectivity index (χ1n) is 13.5. The molecule has 3 N–H and O–H groups in total. The predicted molar refractivity (Wildman–Crippen MR) is 147 cm³/mol. The minimum absolute atomic E-state index is 0.531. The number of fused-ring (bicyclic) bond motifs is 1. The maximum atomic E-state index is 4.84. The highest BCUT2D eigenvalue weighted by atomic mass is 14.9. The van der Waals surface area contributed by atoms with Crippen LogP contribution in [0.5, 0.6) is 0 Å². The fourth-order valence-corrected chi connectivity index (χ4v) is 5.19. The van der Waals surface area contributed by atoms with Crippen LogP contribution in [0, 0.1) is 5.92 Å². The Morgan fingerprint density at radius 2 is 1.86 bits per heavy atom. The Hall–Kier alpha value is -2.89. The van der Waals surface area contributed by atoms with E-state index in [0.29, 0.717) is 6.04 Å². The Labute approximate surface area is 210 Å². The lowest BCUT2D eigenvalue weighted by Crippen LogP contribution is -2.34. The number of anilines is 2. The van der Waals surface area contributed by atoms with Gasteiger partial charge < -0.3 is 16.0 Å². The highest BCUT2D eigenvalue weighted by Gasteiger charge is 2.21. The van der Waals surface area contributed by atoms with Gasteiger partial charge in [0.1, 0.15) is 0 Å². The van der Waals surface area contributed by atoms with Crippen molar-refractivity contribution in [2.45, 2.75) is 70.8 Å². The minimum atomic E-state index is 0.531. The number of pyridine rings is 1. The van der Waals surface area contributed by atoms with E-state index in [1.807, 2.05) is 19.3 Å². The summed E-state index contributed by atoms with van der Waals surface area (Å²) in [4.78, 5) is 14.1. The molecule has 2 aliphatic rings. The van der Waals surface area contributed by atoms with Gasteiger partial charge in [0.15, 0.2) is 0 Å². The summed E-state index contributed by atoms with van der Waals surface area (Å²) in [7, 11) is 1.87. The van der Waals surface area contributed by atoms with Crippen molar-refractivity contribution in [1.29, 1.82) is 0 Å². The quantitative estimate of drug-likeness (QED) is 0.389. The van der Waals surface area contributed by atoms with Gasteiger partial charge in [-0.3, -0.25) is 15.0 Å². The van der Waals surface area contributed by atoms with Crippen molar-refractivity contribution >= 4 is 17.1 Å². The van der Waals surface area contributed by atoms with Crippen molar-refractivity contribution in [2.75, 3.05) is 37.3 Å². The Balaban J connectivity index is 1.29. The highest BCUT2D eigenvalue weighted by Crippen LogP contribution is 2.29. The number of aryl methyl sites for hydroxylation is 1. The van der Waals surface area contributed by atoms with Gasteiger partial charge in [-0.1, -0.05) is 26.3 Å². The van der Waals surface area contributed by atoms with Gasteiger partial charge in [0, 0.05) is 25.3 Å². The molecular formula is C29H42N6. The molecule has 35 heavy (non-hydrogen) atoms. The summed E-state index contributed by atoms with van der Waals surface area (Å²) < 4.78 is 0. The molecular weight excluding hydrogens is 432 g/mol. The number of hydrogen-bond acceptors (Lipinski definition) is 6. The normalized spacial score (nSPS) is 19.1. The number of unbranched alkanes of at least 4 members (excludes halogenated alkanes) is 2. The summed E-state index contributed by atoms with van der Waals surface area (Å²) in [5, 5.41) is 12.6. The number of hydrogen-bond donors (Lipinski definition) is 3. The summed E-state index contributed by atoms with van der Waals surface area (Å²) >= 11 is 0. The average molecular weight is 475 g/mol. The number of rotatable bonds is 12. The Morgan fingerprint density at radius 3 is 2.60 bits per heavy atom. The fraction of sp³-hybridized carbons (Fsp3) is 0.552. The second-order valence-electron chi connectivity index (χ2n) is 9.96. The molecule has 0 bridgehead atoms. The van der Waals surface area contributed by atoms with Crippen molar-refractivity contribution in [1.82, 2.24) is 10.3 Å². The van der Waals surface area contributed by atoms with Crippen molar-refractivity contribution in [2.24, 2.45) is 15.9 Å². The van der Waals surface area contributed by atoms with Gasteiger partial charge in [-0.15, -0.1) is 0 Å². The van der Waals surface area contributed by atoms with Crippen molar-refractivity contribution in [3.8, 4) is 0 Å². The molecule has 6 heteroatoms. The first-order valence-corrected chi connectivity index (χ1v) is 13.5. The lowest BCUT2D eigenvalue weighted by atomic mass is 9.82. The van der Waals surface area contributed by atoms with Crippen molar-refractivity contribution in [3.05, 3.63) is 59.0 Å². The van der Waals surface area contributed by atoms with Gasteiger partial charge in [-0.2, -0.15) is 0 Å². The van der Waals surface area contributed by atoms with E-state index >= 15 is 0 Å². The number of aromatic nitrogens is 1. The van der Waals surface area contributed by atoms with Crippen LogP contribution in [0.15, 0.2) is 47.0 Å². The van der Waals surface area contributed by atoms with E-state index in [1.54, 1.807) is 0 Å². The minimum Gasteiger partial charge on any atom is -0.387 e. The molecule has 0 amide bonds. The Morgan fingerprint density at radius 1 is 1.03 bits per heavy atom. The monoisotopic (exact) mass is 474 g/mol. The molecule has 2 aromatic rings. The molecule has 188 valence electrons. The number of benzene rings is 1.